The van der Waals surface area contributed by atoms with Crippen LogP contribution in [0.25, 0.3) is 44.4 Å². The fourth-order valence-corrected chi connectivity index (χ4v) is 7.57. The van der Waals surface area contributed by atoms with Crippen LogP contribution >= 0.6 is 0 Å². The summed E-state index contributed by atoms with van der Waals surface area (Å²) in [6.07, 6.45) is 8.36. The van der Waals surface area contributed by atoms with E-state index in [-0.39, 0.29) is 35.7 Å². The second-order valence-electron chi connectivity index (χ2n) is 16.9. The van der Waals surface area contributed by atoms with Gasteiger partial charge in [0.15, 0.2) is 0 Å². The maximum atomic E-state index is 13.4. The lowest BCUT2D eigenvalue weighted by Crippen LogP contribution is -2.50. The number of hydrogen-bond donors (Lipinski definition) is 6. The van der Waals surface area contributed by atoms with Gasteiger partial charge in [-0.2, -0.15) is 0 Å². The molecule has 0 saturated heterocycles. The standard InChI is InChI=1S/C46H56N8O6/c1-25(2)39(53-45(57)59-5)43(55)51-35(19-27-7-8-27)41-47-23-37(49-41)30-13-11-29(12-14-30)31-15-16-33-22-34(18-17-32(33)21-31)38-24-48-42(50-38)36(20-28-9-10-28)52-44(56)40(26(3)4)54-46(58)60-6/h11-18,21-28,35-36,39-40H,7-10,19-20H2,1-6H3,(H,47,49)(H,48,50)(H,51,55)(H,52,56)(H,53,57)(H,54,58)/t35-,36-,39-,40-/m0/s1. The number of fused-ring (bicyclic) bond motifs is 1. The molecule has 2 aromatic heterocycles. The number of hydrogen-bond acceptors (Lipinski definition) is 8. The van der Waals surface area contributed by atoms with Gasteiger partial charge in [-0.1, -0.05) is 102 Å². The molecule has 5 aromatic rings. The van der Waals surface area contributed by atoms with E-state index in [1.807, 2.05) is 33.9 Å². The number of methoxy groups -OCH3 is 2. The van der Waals surface area contributed by atoms with Gasteiger partial charge in [0.25, 0.3) is 0 Å². The van der Waals surface area contributed by atoms with E-state index in [0.29, 0.717) is 23.5 Å². The van der Waals surface area contributed by atoms with Crippen molar-refractivity contribution in [3.8, 4) is 33.6 Å². The molecular formula is C46H56N8O6. The Morgan fingerprint density at radius 1 is 0.583 bits per heavy atom. The molecule has 6 N–H and O–H groups in total. The highest BCUT2D eigenvalue weighted by Gasteiger charge is 2.34. The smallest absolute Gasteiger partial charge is 0.407 e. The van der Waals surface area contributed by atoms with Gasteiger partial charge in [0, 0.05) is 5.56 Å². The van der Waals surface area contributed by atoms with Crippen LogP contribution in [0.2, 0.25) is 0 Å². The minimum atomic E-state index is -0.734. The number of H-pyrrole nitrogens is 2. The molecule has 2 heterocycles. The number of benzene rings is 3. The van der Waals surface area contributed by atoms with Crippen molar-refractivity contribution in [2.24, 2.45) is 23.7 Å². The van der Waals surface area contributed by atoms with Crippen LogP contribution in [0, 0.1) is 23.7 Å². The number of aromatic amines is 2. The maximum Gasteiger partial charge on any atom is 0.407 e. The van der Waals surface area contributed by atoms with Crippen molar-refractivity contribution in [1.29, 1.82) is 0 Å². The van der Waals surface area contributed by atoms with Crippen LogP contribution in [-0.4, -0.2) is 70.2 Å². The molecule has 14 nitrogen and oxygen atoms in total. The minimum absolute atomic E-state index is 0.130. The van der Waals surface area contributed by atoms with E-state index >= 15 is 0 Å². The molecule has 2 fully saturated rings. The Labute approximate surface area is 350 Å². The fourth-order valence-electron chi connectivity index (χ4n) is 7.57. The maximum absolute atomic E-state index is 13.4. The van der Waals surface area contributed by atoms with Crippen LogP contribution in [0.5, 0.6) is 0 Å². The number of carbonyl (C=O) groups excluding carboxylic acids is 4. The van der Waals surface area contributed by atoms with Gasteiger partial charge in [0.1, 0.15) is 23.7 Å². The van der Waals surface area contributed by atoms with Crippen molar-refractivity contribution in [1.82, 2.24) is 41.2 Å². The fraction of sp³-hybridized carbons (Fsp3) is 0.435. The summed E-state index contributed by atoms with van der Waals surface area (Å²) in [6, 6.07) is 19.0. The van der Waals surface area contributed by atoms with E-state index in [1.54, 1.807) is 6.20 Å². The Kier molecular flexibility index (Phi) is 12.9. The third kappa shape index (κ3) is 10.3. The molecule has 0 bridgehead atoms. The first kappa shape index (κ1) is 42.0. The number of imidazole rings is 2. The average Bonchev–Trinajstić information content (AvgIpc) is 4.14. The molecule has 0 unspecified atom stereocenters. The summed E-state index contributed by atoms with van der Waals surface area (Å²) in [5, 5.41) is 13.8. The number of aromatic nitrogens is 4. The highest BCUT2D eigenvalue weighted by molar-refractivity contribution is 5.91. The Hall–Kier alpha value is -6.18. The Morgan fingerprint density at radius 2 is 0.983 bits per heavy atom. The highest BCUT2D eigenvalue weighted by atomic mass is 16.5. The predicted molar refractivity (Wildman–Crippen MR) is 229 cm³/mol. The van der Waals surface area contributed by atoms with Gasteiger partial charge >= 0.3 is 12.2 Å². The second-order valence-corrected chi connectivity index (χ2v) is 16.9. The van der Waals surface area contributed by atoms with E-state index in [9.17, 15) is 19.2 Å². The van der Waals surface area contributed by atoms with Gasteiger partial charge in [0.05, 0.1) is 50.1 Å². The molecule has 14 heteroatoms. The van der Waals surface area contributed by atoms with Crippen molar-refractivity contribution in [3.05, 3.63) is 84.7 Å². The summed E-state index contributed by atoms with van der Waals surface area (Å²) in [4.78, 5) is 66.9. The zero-order valence-corrected chi connectivity index (χ0v) is 35.1. The number of nitrogens with one attached hydrogen (secondary N) is 6. The molecule has 4 atom stereocenters. The lowest BCUT2D eigenvalue weighted by Gasteiger charge is -2.24. The average molecular weight is 817 g/mol. The molecule has 3 aromatic carbocycles. The molecule has 2 aliphatic rings. The van der Waals surface area contributed by atoms with Crippen LogP contribution in [0.3, 0.4) is 0 Å². The molecule has 4 amide bonds. The van der Waals surface area contributed by atoms with E-state index < -0.39 is 24.3 Å². The number of alkyl carbamates (subject to hydrolysis) is 2. The summed E-state index contributed by atoms with van der Waals surface area (Å²) in [5.74, 6) is 1.62. The van der Waals surface area contributed by atoms with Crippen molar-refractivity contribution in [3.63, 3.8) is 0 Å². The number of nitrogens with zero attached hydrogens (tertiary/aromatic N) is 2. The SMILES string of the molecule is COC(=O)N[C@H](C(=O)N[C@@H](CC1CC1)c1ncc(-c2ccc(-c3ccc4cc(-c5cnc([C@H](CC6CC6)NC(=O)[C@@H](NC(=O)OC)C(C)C)[nH]5)ccc4c3)cc2)[nH]1)C(C)C. The Bertz CT molecular complexity index is 2310. The molecule has 0 aliphatic heterocycles. The van der Waals surface area contributed by atoms with E-state index in [1.165, 1.54) is 14.2 Å². The third-order valence-corrected chi connectivity index (χ3v) is 11.5. The number of ether oxygens (including phenoxy) is 2. The van der Waals surface area contributed by atoms with Crippen LogP contribution in [0.1, 0.15) is 90.0 Å². The van der Waals surface area contributed by atoms with Gasteiger partial charge in [-0.15, -0.1) is 0 Å². The van der Waals surface area contributed by atoms with Crippen LogP contribution in [0.15, 0.2) is 73.1 Å². The summed E-state index contributed by atoms with van der Waals surface area (Å²) < 4.78 is 9.49. The number of amides is 4. The van der Waals surface area contributed by atoms with E-state index in [2.05, 4.69) is 96.9 Å². The van der Waals surface area contributed by atoms with Crippen molar-refractivity contribution >= 4 is 34.8 Å². The quantitative estimate of drug-likeness (QED) is 0.0544. The first-order chi connectivity index (χ1) is 28.9. The van der Waals surface area contributed by atoms with Gasteiger partial charge in [-0.3, -0.25) is 9.59 Å². The molecule has 2 saturated carbocycles. The zero-order valence-electron chi connectivity index (χ0n) is 35.1. The minimum Gasteiger partial charge on any atom is -0.453 e. The van der Waals surface area contributed by atoms with Gasteiger partial charge in [-0.05, 0) is 76.1 Å². The molecule has 7 rings (SSSR count). The molecule has 60 heavy (non-hydrogen) atoms. The summed E-state index contributed by atoms with van der Waals surface area (Å²) >= 11 is 0. The van der Waals surface area contributed by atoms with Gasteiger partial charge in [-0.25, -0.2) is 19.6 Å². The number of rotatable bonds is 17. The largest absolute Gasteiger partial charge is 0.453 e. The molecular weight excluding hydrogens is 761 g/mol. The first-order valence-electron chi connectivity index (χ1n) is 20.9. The molecule has 0 spiro atoms. The highest BCUT2D eigenvalue weighted by Crippen LogP contribution is 2.39. The summed E-state index contributed by atoms with van der Waals surface area (Å²) in [5.41, 5.74) is 5.82. The lowest BCUT2D eigenvalue weighted by molar-refractivity contribution is -0.125. The number of carbonyl (C=O) groups is 4. The van der Waals surface area contributed by atoms with Crippen molar-refractivity contribution < 1.29 is 28.7 Å². The topological polar surface area (TPSA) is 192 Å². The van der Waals surface area contributed by atoms with E-state index in [4.69, 9.17) is 14.5 Å². The first-order valence-corrected chi connectivity index (χ1v) is 20.9. The van der Waals surface area contributed by atoms with E-state index in [0.717, 1.165) is 82.9 Å². The van der Waals surface area contributed by atoms with Crippen LogP contribution < -0.4 is 21.3 Å². The third-order valence-electron chi connectivity index (χ3n) is 11.5. The van der Waals surface area contributed by atoms with Crippen LogP contribution in [0.4, 0.5) is 9.59 Å². The summed E-state index contributed by atoms with van der Waals surface area (Å²) in [7, 11) is 2.57. The van der Waals surface area contributed by atoms with Gasteiger partial charge < -0.3 is 40.7 Å². The lowest BCUT2D eigenvalue weighted by atomic mass is 9.98. The van der Waals surface area contributed by atoms with Crippen molar-refractivity contribution in [2.75, 3.05) is 14.2 Å². The molecule has 0 radical (unpaired) electrons. The molecule has 316 valence electrons. The Balaban J connectivity index is 1.03. The summed E-state index contributed by atoms with van der Waals surface area (Å²) in [6.45, 7) is 7.53. The predicted octanol–water partition coefficient (Wildman–Crippen LogP) is 7.96. The van der Waals surface area contributed by atoms with Crippen molar-refractivity contribution in [2.45, 2.75) is 90.4 Å². The molecule has 2 aliphatic carbocycles. The second kappa shape index (κ2) is 18.4. The normalized spacial score (nSPS) is 15.9. The monoisotopic (exact) mass is 816 g/mol. The van der Waals surface area contributed by atoms with Crippen LogP contribution in [-0.2, 0) is 19.1 Å². The zero-order chi connectivity index (χ0) is 42.5. The Morgan fingerprint density at radius 3 is 1.42 bits per heavy atom. The van der Waals surface area contributed by atoms with Gasteiger partial charge in [0.2, 0.25) is 11.8 Å².